The number of benzene rings is 1. The number of hydrogen-bond donors (Lipinski definition) is 1. The molecule has 2 aliphatic rings. The van der Waals surface area contributed by atoms with Gasteiger partial charge in [0.2, 0.25) is 11.9 Å². The molecule has 0 spiro atoms. The van der Waals surface area contributed by atoms with Crippen LogP contribution in [0.2, 0.25) is 0 Å². The minimum Gasteiger partial charge on any atom is -0.337 e. The molecule has 0 unspecified atom stereocenters. The second kappa shape index (κ2) is 8.82. The number of nitrogens with zero attached hydrogens (tertiary/aromatic N) is 7. The molecule has 33 heavy (non-hydrogen) atoms. The van der Waals surface area contributed by atoms with E-state index in [0.29, 0.717) is 33.1 Å². The number of fused-ring (bicyclic) bond motifs is 1. The highest BCUT2D eigenvalue weighted by Crippen LogP contribution is 2.38. The van der Waals surface area contributed by atoms with Crippen LogP contribution in [-0.2, 0) is 4.79 Å². The minimum atomic E-state index is -0.458. The third-order valence-electron chi connectivity index (χ3n) is 5.22. The molecular weight excluding hydrogens is 444 g/mol. The molecule has 1 aromatic carbocycles. The van der Waals surface area contributed by atoms with E-state index in [-0.39, 0.29) is 11.6 Å². The Bertz CT molecular complexity index is 1230. The maximum atomic E-state index is 12.5. The molecule has 2 aromatic heterocycles. The Kier molecular flexibility index (Phi) is 5.57. The van der Waals surface area contributed by atoms with Gasteiger partial charge in [-0.25, -0.2) is 19.9 Å². The van der Waals surface area contributed by atoms with Crippen molar-refractivity contribution in [2.24, 2.45) is 0 Å². The topological polar surface area (TPSA) is 130 Å². The lowest BCUT2D eigenvalue weighted by atomic mass is 10.2. The molecule has 1 N–H and O–H groups in total. The number of nitro groups is 1. The standard InChI is InChI=1S/C21H18N8O3S/c30-18-17(12-14-2-4-15(5-3-14)29(31)32)33-19-16(25-18)13-24-21(26-19)28-10-8-27(9-11-28)20-22-6-1-7-23-20/h1-7,12-13H,8-11H2,(H,25,30)/b17-12+. The van der Waals surface area contributed by atoms with Gasteiger partial charge in [0, 0.05) is 50.7 Å². The molecule has 0 saturated carbocycles. The van der Waals surface area contributed by atoms with Crippen LogP contribution in [0.25, 0.3) is 6.08 Å². The molecule has 1 saturated heterocycles. The Hall–Kier alpha value is -4.06. The van der Waals surface area contributed by atoms with Crippen LogP contribution >= 0.6 is 11.8 Å². The highest BCUT2D eigenvalue weighted by Gasteiger charge is 2.26. The third kappa shape index (κ3) is 4.46. The number of carbonyl (C=O) groups excluding carboxylic acids is 1. The lowest BCUT2D eigenvalue weighted by Gasteiger charge is -2.34. The van der Waals surface area contributed by atoms with Crippen molar-refractivity contribution in [3.63, 3.8) is 0 Å². The number of carbonyl (C=O) groups is 1. The zero-order chi connectivity index (χ0) is 22.8. The van der Waals surface area contributed by atoms with Gasteiger partial charge >= 0.3 is 0 Å². The number of aromatic nitrogens is 4. The Morgan fingerprint density at radius 2 is 1.67 bits per heavy atom. The number of nitrogens with one attached hydrogen (secondary N) is 1. The van der Waals surface area contributed by atoms with Crippen LogP contribution in [-0.4, -0.2) is 56.9 Å². The van der Waals surface area contributed by atoms with E-state index in [9.17, 15) is 14.9 Å². The van der Waals surface area contributed by atoms with Crippen molar-refractivity contribution in [2.45, 2.75) is 5.03 Å². The monoisotopic (exact) mass is 462 g/mol. The molecule has 12 heteroatoms. The highest BCUT2D eigenvalue weighted by molar-refractivity contribution is 8.04. The van der Waals surface area contributed by atoms with E-state index in [1.165, 1.54) is 23.9 Å². The summed E-state index contributed by atoms with van der Waals surface area (Å²) >= 11 is 1.25. The summed E-state index contributed by atoms with van der Waals surface area (Å²) in [5, 5.41) is 14.3. The first-order valence-corrected chi connectivity index (χ1v) is 11.0. The number of anilines is 3. The van der Waals surface area contributed by atoms with Crippen molar-refractivity contribution in [2.75, 3.05) is 41.3 Å². The predicted molar refractivity (Wildman–Crippen MR) is 124 cm³/mol. The smallest absolute Gasteiger partial charge is 0.269 e. The van der Waals surface area contributed by atoms with E-state index in [2.05, 4.69) is 35.1 Å². The molecule has 1 amide bonds. The molecule has 0 radical (unpaired) electrons. The summed E-state index contributed by atoms with van der Waals surface area (Å²) in [5.41, 5.74) is 1.25. The Morgan fingerprint density at radius 3 is 2.33 bits per heavy atom. The average molecular weight is 462 g/mol. The van der Waals surface area contributed by atoms with E-state index < -0.39 is 4.92 Å². The van der Waals surface area contributed by atoms with Crippen molar-refractivity contribution >= 4 is 47.0 Å². The van der Waals surface area contributed by atoms with Gasteiger partial charge in [-0.05, 0) is 29.8 Å². The second-order valence-electron chi connectivity index (χ2n) is 7.33. The quantitative estimate of drug-likeness (QED) is 0.267. The van der Waals surface area contributed by atoms with Crippen LogP contribution in [0.15, 0.2) is 58.9 Å². The van der Waals surface area contributed by atoms with E-state index >= 15 is 0 Å². The zero-order valence-electron chi connectivity index (χ0n) is 17.3. The first-order chi connectivity index (χ1) is 16.1. The van der Waals surface area contributed by atoms with Gasteiger partial charge in [0.1, 0.15) is 5.03 Å². The molecule has 1 fully saturated rings. The van der Waals surface area contributed by atoms with Crippen LogP contribution in [0.5, 0.6) is 0 Å². The summed E-state index contributed by atoms with van der Waals surface area (Å²) in [6.07, 6.45) is 6.77. The molecule has 5 rings (SSSR count). The number of hydrogen-bond acceptors (Lipinski definition) is 10. The van der Waals surface area contributed by atoms with Crippen LogP contribution in [0, 0.1) is 10.1 Å². The third-order valence-corrected chi connectivity index (χ3v) is 6.25. The van der Waals surface area contributed by atoms with E-state index in [0.717, 1.165) is 26.2 Å². The number of non-ortho nitro benzene ring substituents is 1. The summed E-state index contributed by atoms with van der Waals surface area (Å²) in [7, 11) is 0. The molecule has 0 aliphatic carbocycles. The average Bonchev–Trinajstić information content (AvgIpc) is 2.85. The van der Waals surface area contributed by atoms with Gasteiger partial charge in [-0.1, -0.05) is 11.8 Å². The van der Waals surface area contributed by atoms with E-state index in [1.807, 2.05) is 0 Å². The van der Waals surface area contributed by atoms with Gasteiger partial charge in [-0.3, -0.25) is 14.9 Å². The molecule has 11 nitrogen and oxygen atoms in total. The lowest BCUT2D eigenvalue weighted by molar-refractivity contribution is -0.384. The molecule has 4 heterocycles. The molecule has 0 atom stereocenters. The van der Waals surface area contributed by atoms with Gasteiger partial charge in [0.05, 0.1) is 21.7 Å². The summed E-state index contributed by atoms with van der Waals surface area (Å²) in [6, 6.07) is 7.82. The van der Waals surface area contributed by atoms with Crippen molar-refractivity contribution in [1.82, 2.24) is 19.9 Å². The first-order valence-electron chi connectivity index (χ1n) is 10.2. The Balaban J connectivity index is 1.31. The highest BCUT2D eigenvalue weighted by atomic mass is 32.2. The lowest BCUT2D eigenvalue weighted by Crippen LogP contribution is -2.47. The first kappa shape index (κ1) is 20.8. The zero-order valence-corrected chi connectivity index (χ0v) is 18.1. The van der Waals surface area contributed by atoms with Crippen molar-refractivity contribution < 1.29 is 9.72 Å². The number of rotatable bonds is 4. The van der Waals surface area contributed by atoms with Gasteiger partial charge in [-0.2, -0.15) is 0 Å². The maximum absolute atomic E-state index is 12.5. The van der Waals surface area contributed by atoms with Crippen molar-refractivity contribution in [3.8, 4) is 0 Å². The molecule has 166 valence electrons. The van der Waals surface area contributed by atoms with Gasteiger partial charge in [-0.15, -0.1) is 0 Å². The summed E-state index contributed by atoms with van der Waals surface area (Å²) in [4.78, 5) is 45.3. The van der Waals surface area contributed by atoms with Crippen LogP contribution in [0.1, 0.15) is 5.56 Å². The second-order valence-corrected chi connectivity index (χ2v) is 8.36. The maximum Gasteiger partial charge on any atom is 0.269 e. The predicted octanol–water partition coefficient (Wildman–Crippen LogP) is 2.59. The van der Waals surface area contributed by atoms with Gasteiger partial charge in [0.15, 0.2) is 0 Å². The molecule has 2 aliphatic heterocycles. The summed E-state index contributed by atoms with van der Waals surface area (Å²) in [5.74, 6) is 1.04. The fourth-order valence-corrected chi connectivity index (χ4v) is 4.40. The summed E-state index contributed by atoms with van der Waals surface area (Å²) in [6.45, 7) is 2.94. The summed E-state index contributed by atoms with van der Waals surface area (Å²) < 4.78 is 0. The SMILES string of the molecule is O=C1Nc2cnc(N3CCN(c4ncccn4)CC3)nc2S/C1=C/c1ccc([N+](=O)[O-])cc1. The Morgan fingerprint density at radius 1 is 1.00 bits per heavy atom. The van der Waals surface area contributed by atoms with E-state index in [1.54, 1.807) is 42.9 Å². The molecule has 0 bridgehead atoms. The van der Waals surface area contributed by atoms with E-state index in [4.69, 9.17) is 0 Å². The largest absolute Gasteiger partial charge is 0.337 e. The number of thioether (sulfide) groups is 1. The number of piperazine rings is 1. The van der Waals surface area contributed by atoms with Crippen molar-refractivity contribution in [1.29, 1.82) is 0 Å². The van der Waals surface area contributed by atoms with Crippen LogP contribution in [0.3, 0.4) is 0 Å². The number of nitro benzene ring substituents is 1. The molecule has 3 aromatic rings. The minimum absolute atomic E-state index is 0.000416. The fraction of sp³-hybridized carbons (Fsp3) is 0.190. The number of amides is 1. The van der Waals surface area contributed by atoms with Gasteiger partial charge in [0.25, 0.3) is 11.6 Å². The van der Waals surface area contributed by atoms with Crippen LogP contribution < -0.4 is 15.1 Å². The normalized spacial score (nSPS) is 17.0. The van der Waals surface area contributed by atoms with Gasteiger partial charge < -0.3 is 15.1 Å². The Labute approximate surface area is 192 Å². The fourth-order valence-electron chi connectivity index (χ4n) is 3.51. The van der Waals surface area contributed by atoms with Crippen molar-refractivity contribution in [3.05, 3.63) is 69.5 Å². The molecular formula is C21H18N8O3S. The van der Waals surface area contributed by atoms with Crippen LogP contribution in [0.4, 0.5) is 23.3 Å².